The van der Waals surface area contributed by atoms with Gasteiger partial charge in [-0.25, -0.2) is 24.3 Å². The van der Waals surface area contributed by atoms with Crippen LogP contribution in [0.4, 0.5) is 23.4 Å². The molecule has 7 nitrogen and oxygen atoms in total. The summed E-state index contributed by atoms with van der Waals surface area (Å²) in [5.74, 6) is -0.0214. The maximum absolute atomic E-state index is 14.1. The monoisotopic (exact) mass is 472 g/mol. The molecule has 0 spiro atoms. The third-order valence-corrected chi connectivity index (χ3v) is 6.52. The van der Waals surface area contributed by atoms with Crippen molar-refractivity contribution in [3.63, 3.8) is 0 Å². The van der Waals surface area contributed by atoms with Crippen molar-refractivity contribution in [3.8, 4) is 11.4 Å². The number of aromatic nitrogens is 4. The number of fused-ring (bicyclic) bond motifs is 2. The molecule has 176 valence electrons. The van der Waals surface area contributed by atoms with Gasteiger partial charge in [-0.3, -0.25) is 4.79 Å². The molecule has 1 aromatic carbocycles. The van der Waals surface area contributed by atoms with Crippen LogP contribution in [0.3, 0.4) is 0 Å². The van der Waals surface area contributed by atoms with Crippen molar-refractivity contribution < 1.29 is 22.4 Å². The first kappa shape index (κ1) is 22.2. The number of nitrogens with zero attached hydrogens (tertiary/aromatic N) is 6. The van der Waals surface area contributed by atoms with Crippen LogP contribution in [0.5, 0.6) is 0 Å². The standard InChI is InChI=1S/C23H20F4N6O/c1-32(20-11-30-19(10-31-20)23(25,26)27)17-7-13-8-18(17)33(12-13)22(34)16-9-14(24)3-4-15(16)21-28-5-2-6-29-21/h2-6,9-11,13,17-18H,7-8,12H2,1H3/t13-,17+,18-/m0/s1. The first-order valence-corrected chi connectivity index (χ1v) is 10.7. The Labute approximate surface area is 192 Å². The SMILES string of the molecule is CN(c1cnc(C(F)(F)F)cn1)[C@@H]1C[C@H]2C[C@@H]1N(C(=O)c1cc(F)ccc1-c1ncccn1)C2. The van der Waals surface area contributed by atoms with Gasteiger partial charge in [0.2, 0.25) is 0 Å². The molecule has 2 aromatic heterocycles. The Hall–Kier alpha value is -3.63. The van der Waals surface area contributed by atoms with Gasteiger partial charge in [0.25, 0.3) is 5.91 Å². The van der Waals surface area contributed by atoms with Crippen LogP contribution in [0.15, 0.2) is 49.1 Å². The first-order valence-electron chi connectivity index (χ1n) is 10.7. The zero-order valence-electron chi connectivity index (χ0n) is 18.1. The summed E-state index contributed by atoms with van der Waals surface area (Å²) < 4.78 is 52.6. The van der Waals surface area contributed by atoms with Crippen LogP contribution in [0.2, 0.25) is 0 Å². The minimum atomic E-state index is -4.56. The summed E-state index contributed by atoms with van der Waals surface area (Å²) in [7, 11) is 1.73. The first-order chi connectivity index (χ1) is 16.2. The molecule has 1 saturated heterocycles. The van der Waals surface area contributed by atoms with E-state index in [0.29, 0.717) is 29.9 Å². The van der Waals surface area contributed by atoms with Gasteiger partial charge < -0.3 is 9.80 Å². The van der Waals surface area contributed by atoms with Crippen molar-refractivity contribution in [2.45, 2.75) is 31.1 Å². The number of rotatable bonds is 4. The van der Waals surface area contributed by atoms with Gasteiger partial charge in [0, 0.05) is 31.5 Å². The number of alkyl halides is 3. The number of benzene rings is 1. The molecule has 3 atom stereocenters. The van der Waals surface area contributed by atoms with Crippen LogP contribution in [0.1, 0.15) is 28.9 Å². The summed E-state index contributed by atoms with van der Waals surface area (Å²) in [4.78, 5) is 32.9. The van der Waals surface area contributed by atoms with Crippen molar-refractivity contribution >= 4 is 11.7 Å². The molecule has 2 fully saturated rings. The quantitative estimate of drug-likeness (QED) is 0.538. The van der Waals surface area contributed by atoms with Gasteiger partial charge in [-0.1, -0.05) is 0 Å². The zero-order valence-corrected chi connectivity index (χ0v) is 18.1. The second kappa shape index (κ2) is 8.30. The van der Waals surface area contributed by atoms with E-state index >= 15 is 0 Å². The minimum absolute atomic E-state index is 0.154. The summed E-state index contributed by atoms with van der Waals surface area (Å²) in [6.45, 7) is 0.526. The topological polar surface area (TPSA) is 75.1 Å². The van der Waals surface area contributed by atoms with Gasteiger partial charge in [-0.15, -0.1) is 0 Å². The molecule has 0 N–H and O–H groups in total. The maximum atomic E-state index is 14.1. The molecule has 3 heterocycles. The second-order valence-electron chi connectivity index (χ2n) is 8.56. The second-order valence-corrected chi connectivity index (χ2v) is 8.56. The van der Waals surface area contributed by atoms with E-state index in [4.69, 9.17) is 0 Å². The summed E-state index contributed by atoms with van der Waals surface area (Å²) >= 11 is 0. The Morgan fingerprint density at radius 1 is 1.09 bits per heavy atom. The van der Waals surface area contributed by atoms with Gasteiger partial charge >= 0.3 is 6.18 Å². The number of likely N-dealkylation sites (tertiary alicyclic amines) is 1. The predicted molar refractivity (Wildman–Crippen MR) is 114 cm³/mol. The molecule has 1 aliphatic carbocycles. The van der Waals surface area contributed by atoms with Crippen molar-refractivity contribution in [2.24, 2.45) is 5.92 Å². The van der Waals surface area contributed by atoms with E-state index < -0.39 is 17.7 Å². The average Bonchev–Trinajstić information content (AvgIpc) is 3.44. The molecule has 2 bridgehead atoms. The molecule has 3 aromatic rings. The summed E-state index contributed by atoms with van der Waals surface area (Å²) in [5.41, 5.74) is -0.445. The molecule has 5 rings (SSSR count). The minimum Gasteiger partial charge on any atom is -0.353 e. The fourth-order valence-electron chi connectivity index (χ4n) is 4.94. The number of carbonyl (C=O) groups is 1. The van der Waals surface area contributed by atoms with Crippen LogP contribution in [-0.2, 0) is 6.18 Å². The number of hydrogen-bond donors (Lipinski definition) is 0. The highest BCUT2D eigenvalue weighted by Crippen LogP contribution is 2.42. The van der Waals surface area contributed by atoms with Crippen LogP contribution in [0.25, 0.3) is 11.4 Å². The summed E-state index contributed by atoms with van der Waals surface area (Å²) in [6.07, 6.45) is 1.86. The number of anilines is 1. The Bertz CT molecular complexity index is 1200. The molecule has 1 saturated carbocycles. The van der Waals surface area contributed by atoms with Gasteiger partial charge in [-0.2, -0.15) is 13.2 Å². The number of likely N-dealkylation sites (N-methyl/N-ethyl adjacent to an activating group) is 1. The van der Waals surface area contributed by atoms with E-state index in [1.165, 1.54) is 18.2 Å². The summed E-state index contributed by atoms with van der Waals surface area (Å²) in [5, 5.41) is 0. The Balaban J connectivity index is 1.41. The number of piperidine rings is 1. The van der Waals surface area contributed by atoms with E-state index in [1.807, 2.05) is 0 Å². The summed E-state index contributed by atoms with van der Waals surface area (Å²) in [6, 6.07) is 5.25. The lowest BCUT2D eigenvalue weighted by Crippen LogP contribution is -2.51. The van der Waals surface area contributed by atoms with Gasteiger partial charge in [-0.05, 0) is 43.0 Å². The lowest BCUT2D eigenvalue weighted by molar-refractivity contribution is -0.141. The van der Waals surface area contributed by atoms with Crippen molar-refractivity contribution in [1.29, 1.82) is 0 Å². The van der Waals surface area contributed by atoms with E-state index in [2.05, 4.69) is 19.9 Å². The highest BCUT2D eigenvalue weighted by molar-refractivity contribution is 6.00. The molecular weight excluding hydrogens is 452 g/mol. The van der Waals surface area contributed by atoms with E-state index in [1.54, 1.807) is 35.3 Å². The van der Waals surface area contributed by atoms with Crippen molar-refractivity contribution in [1.82, 2.24) is 24.8 Å². The lowest BCUT2D eigenvalue weighted by atomic mass is 10.0. The van der Waals surface area contributed by atoms with E-state index in [-0.39, 0.29) is 29.5 Å². The van der Waals surface area contributed by atoms with Crippen LogP contribution in [-0.4, -0.2) is 56.4 Å². The Kier molecular flexibility index (Phi) is 5.41. The van der Waals surface area contributed by atoms with Gasteiger partial charge in [0.05, 0.1) is 30.0 Å². The van der Waals surface area contributed by atoms with Gasteiger partial charge in [0.15, 0.2) is 11.5 Å². The molecule has 11 heteroatoms. The van der Waals surface area contributed by atoms with Crippen LogP contribution >= 0.6 is 0 Å². The molecule has 1 aliphatic heterocycles. The molecule has 2 aliphatic rings. The third-order valence-electron chi connectivity index (χ3n) is 6.52. The fraction of sp³-hybridized carbons (Fsp3) is 0.348. The Morgan fingerprint density at radius 3 is 2.50 bits per heavy atom. The van der Waals surface area contributed by atoms with Crippen molar-refractivity contribution in [2.75, 3.05) is 18.5 Å². The average molecular weight is 472 g/mol. The largest absolute Gasteiger partial charge is 0.434 e. The van der Waals surface area contributed by atoms with Crippen LogP contribution < -0.4 is 4.90 Å². The van der Waals surface area contributed by atoms with E-state index in [0.717, 1.165) is 19.0 Å². The normalized spacial score (nSPS) is 21.7. The number of carbonyl (C=O) groups excluding carboxylic acids is 1. The zero-order chi connectivity index (χ0) is 24.0. The smallest absolute Gasteiger partial charge is 0.353 e. The lowest BCUT2D eigenvalue weighted by Gasteiger charge is -2.38. The molecule has 0 radical (unpaired) electrons. The van der Waals surface area contributed by atoms with Gasteiger partial charge in [0.1, 0.15) is 11.6 Å². The predicted octanol–water partition coefficient (Wildman–Crippen LogP) is 3.83. The molecule has 1 amide bonds. The molecular formula is C23H20F4N6O. The highest BCUT2D eigenvalue weighted by Gasteiger charge is 2.49. The highest BCUT2D eigenvalue weighted by atomic mass is 19.4. The third kappa shape index (κ3) is 3.95. The number of amides is 1. The molecule has 0 unspecified atom stereocenters. The maximum Gasteiger partial charge on any atom is 0.434 e. The Morgan fingerprint density at radius 2 is 1.85 bits per heavy atom. The van der Waals surface area contributed by atoms with Crippen molar-refractivity contribution in [3.05, 3.63) is 66.1 Å². The van der Waals surface area contributed by atoms with Crippen LogP contribution in [0, 0.1) is 11.7 Å². The van der Waals surface area contributed by atoms with E-state index in [9.17, 15) is 22.4 Å². The number of hydrogen-bond acceptors (Lipinski definition) is 6. The molecule has 34 heavy (non-hydrogen) atoms. The fourth-order valence-corrected chi connectivity index (χ4v) is 4.94. The number of halogens is 4.